The van der Waals surface area contributed by atoms with Gasteiger partial charge in [-0.3, -0.25) is 4.90 Å². The van der Waals surface area contributed by atoms with Crippen molar-refractivity contribution in [2.75, 3.05) is 26.2 Å². The maximum atomic E-state index is 13.1. The van der Waals surface area contributed by atoms with Crippen LogP contribution in [0.15, 0.2) is 18.2 Å². The lowest BCUT2D eigenvalue weighted by Gasteiger charge is -2.34. The van der Waals surface area contributed by atoms with Gasteiger partial charge in [0, 0.05) is 37.2 Å². The number of halogens is 2. The Hall–Kier alpha value is -1.15. The van der Waals surface area contributed by atoms with Crippen LogP contribution in [0.3, 0.4) is 0 Å². The van der Waals surface area contributed by atoms with Crippen LogP contribution in [0.1, 0.15) is 18.0 Å². The highest BCUT2D eigenvalue weighted by Crippen LogP contribution is 2.30. The molecule has 1 N–H and O–H groups in total. The van der Waals surface area contributed by atoms with Gasteiger partial charge in [-0.25, -0.2) is 4.39 Å². The highest BCUT2D eigenvalue weighted by molar-refractivity contribution is 6.31. The van der Waals surface area contributed by atoms with Gasteiger partial charge in [0.15, 0.2) is 0 Å². The van der Waals surface area contributed by atoms with Crippen molar-refractivity contribution in [2.24, 2.45) is 0 Å². The van der Waals surface area contributed by atoms with E-state index < -0.39 is 0 Å². The van der Waals surface area contributed by atoms with Crippen molar-refractivity contribution in [2.45, 2.75) is 12.5 Å². The lowest BCUT2D eigenvalue weighted by molar-refractivity contribution is 0.175. The summed E-state index contributed by atoms with van der Waals surface area (Å²) >= 11 is 6.09. The van der Waals surface area contributed by atoms with Gasteiger partial charge < -0.3 is 5.32 Å². The van der Waals surface area contributed by atoms with Crippen molar-refractivity contribution in [1.29, 1.82) is 5.26 Å². The number of nitrogens with zero attached hydrogens (tertiary/aromatic N) is 2. The van der Waals surface area contributed by atoms with Crippen LogP contribution in [0.25, 0.3) is 0 Å². The third-order valence-corrected chi connectivity index (χ3v) is 3.53. The molecule has 0 bridgehead atoms. The first kappa shape index (κ1) is 13.3. The largest absolute Gasteiger partial charge is 0.314 e. The fraction of sp³-hybridized carbons (Fsp3) is 0.462. The Bertz CT molecular complexity index is 452. The Labute approximate surface area is 111 Å². The van der Waals surface area contributed by atoms with E-state index in [1.54, 1.807) is 6.07 Å². The molecule has 1 aliphatic heterocycles. The summed E-state index contributed by atoms with van der Waals surface area (Å²) in [7, 11) is 0. The Morgan fingerprint density at radius 2 is 2.17 bits per heavy atom. The van der Waals surface area contributed by atoms with Gasteiger partial charge in [0.05, 0.1) is 12.5 Å². The predicted octanol–water partition coefficient (Wildman–Crippen LogP) is 2.34. The third-order valence-electron chi connectivity index (χ3n) is 3.20. The molecule has 5 heteroatoms. The van der Waals surface area contributed by atoms with E-state index in [1.165, 1.54) is 12.1 Å². The van der Waals surface area contributed by atoms with Crippen molar-refractivity contribution in [3.05, 3.63) is 34.6 Å². The molecular formula is C13H15ClFN3. The minimum absolute atomic E-state index is 0.0507. The molecule has 0 unspecified atom stereocenters. The smallest absolute Gasteiger partial charge is 0.124 e. The van der Waals surface area contributed by atoms with Gasteiger partial charge in [0.25, 0.3) is 0 Å². The van der Waals surface area contributed by atoms with Crippen LogP contribution in [0.5, 0.6) is 0 Å². The van der Waals surface area contributed by atoms with Crippen LogP contribution in [0, 0.1) is 17.1 Å². The molecule has 1 saturated heterocycles. The first-order chi connectivity index (χ1) is 8.72. The first-order valence-corrected chi connectivity index (χ1v) is 6.37. The molecule has 0 saturated carbocycles. The molecule has 3 nitrogen and oxygen atoms in total. The van der Waals surface area contributed by atoms with Crippen LogP contribution >= 0.6 is 11.6 Å². The standard InChI is InChI=1S/C13H15ClFN3/c14-12-9-10(15)1-2-11(12)13(3-4-16)18-7-5-17-6-8-18/h1-2,9,13,17H,3,5-8H2/t13-/m1/s1. The van der Waals surface area contributed by atoms with Crippen molar-refractivity contribution in [1.82, 2.24) is 10.2 Å². The zero-order valence-corrected chi connectivity index (χ0v) is 10.8. The van der Waals surface area contributed by atoms with Crippen molar-refractivity contribution in [3.63, 3.8) is 0 Å². The van der Waals surface area contributed by atoms with Crippen LogP contribution in [0.4, 0.5) is 4.39 Å². The quantitative estimate of drug-likeness (QED) is 0.914. The number of nitriles is 1. The molecule has 0 spiro atoms. The van der Waals surface area contributed by atoms with Gasteiger partial charge in [-0.1, -0.05) is 17.7 Å². The summed E-state index contributed by atoms with van der Waals surface area (Å²) in [5.74, 6) is -0.347. The van der Waals surface area contributed by atoms with Crippen LogP contribution in [-0.4, -0.2) is 31.1 Å². The monoisotopic (exact) mass is 267 g/mol. The molecule has 1 heterocycles. The molecule has 2 rings (SSSR count). The fourth-order valence-corrected chi connectivity index (χ4v) is 2.58. The van der Waals surface area contributed by atoms with Gasteiger partial charge in [-0.15, -0.1) is 0 Å². The molecule has 1 aromatic rings. The lowest BCUT2D eigenvalue weighted by atomic mass is 10.0. The number of hydrogen-bond donors (Lipinski definition) is 1. The molecule has 0 amide bonds. The molecule has 1 fully saturated rings. The van der Waals surface area contributed by atoms with E-state index in [0.29, 0.717) is 11.4 Å². The van der Waals surface area contributed by atoms with Crippen LogP contribution in [-0.2, 0) is 0 Å². The van der Waals surface area contributed by atoms with Gasteiger partial charge >= 0.3 is 0 Å². The van der Waals surface area contributed by atoms with E-state index in [-0.39, 0.29) is 11.9 Å². The zero-order chi connectivity index (χ0) is 13.0. The van der Waals surface area contributed by atoms with E-state index in [1.807, 2.05) is 0 Å². The second-order valence-electron chi connectivity index (χ2n) is 4.33. The summed E-state index contributed by atoms with van der Waals surface area (Å²) in [5, 5.41) is 12.6. The predicted molar refractivity (Wildman–Crippen MR) is 68.8 cm³/mol. The van der Waals surface area contributed by atoms with E-state index in [4.69, 9.17) is 16.9 Å². The molecule has 96 valence electrons. The van der Waals surface area contributed by atoms with E-state index in [9.17, 15) is 4.39 Å². The number of hydrogen-bond acceptors (Lipinski definition) is 3. The van der Waals surface area contributed by atoms with E-state index >= 15 is 0 Å². The maximum Gasteiger partial charge on any atom is 0.124 e. The Morgan fingerprint density at radius 3 is 2.78 bits per heavy atom. The molecule has 0 aromatic heterocycles. The summed E-state index contributed by atoms with van der Waals surface area (Å²) in [6, 6.07) is 6.53. The van der Waals surface area contributed by atoms with Crippen LogP contribution in [0.2, 0.25) is 5.02 Å². The minimum Gasteiger partial charge on any atom is -0.314 e. The van der Waals surface area contributed by atoms with Gasteiger partial charge in [-0.2, -0.15) is 5.26 Å². The molecule has 0 aliphatic carbocycles. The summed E-state index contributed by atoms with van der Waals surface area (Å²) in [4.78, 5) is 2.22. The molecule has 18 heavy (non-hydrogen) atoms. The topological polar surface area (TPSA) is 39.1 Å². The highest BCUT2D eigenvalue weighted by Gasteiger charge is 2.23. The van der Waals surface area contributed by atoms with Gasteiger partial charge in [0.1, 0.15) is 5.82 Å². The summed E-state index contributed by atoms with van der Waals surface area (Å²) in [6.45, 7) is 3.56. The average molecular weight is 268 g/mol. The second-order valence-corrected chi connectivity index (χ2v) is 4.74. The van der Waals surface area contributed by atoms with Crippen molar-refractivity contribution >= 4 is 11.6 Å². The Kier molecular flexibility index (Phi) is 4.54. The van der Waals surface area contributed by atoms with Crippen LogP contribution < -0.4 is 5.32 Å². The Balaban J connectivity index is 2.25. The maximum absolute atomic E-state index is 13.1. The number of benzene rings is 1. The summed E-state index contributed by atoms with van der Waals surface area (Å²) < 4.78 is 13.1. The molecular weight excluding hydrogens is 253 g/mol. The SMILES string of the molecule is N#CC[C@H](c1ccc(F)cc1Cl)N1CCNCC1. The van der Waals surface area contributed by atoms with Crippen molar-refractivity contribution < 1.29 is 4.39 Å². The Morgan fingerprint density at radius 1 is 1.44 bits per heavy atom. The molecule has 1 aliphatic rings. The first-order valence-electron chi connectivity index (χ1n) is 5.99. The highest BCUT2D eigenvalue weighted by atomic mass is 35.5. The average Bonchev–Trinajstić information content (AvgIpc) is 2.38. The summed E-state index contributed by atoms with van der Waals surface area (Å²) in [5.41, 5.74) is 0.835. The lowest BCUT2D eigenvalue weighted by Crippen LogP contribution is -2.45. The van der Waals surface area contributed by atoms with E-state index in [2.05, 4.69) is 16.3 Å². The van der Waals surface area contributed by atoms with Gasteiger partial charge in [0.2, 0.25) is 0 Å². The fourth-order valence-electron chi connectivity index (χ4n) is 2.29. The normalized spacial score (nSPS) is 18.3. The van der Waals surface area contributed by atoms with Crippen molar-refractivity contribution in [3.8, 4) is 6.07 Å². The minimum atomic E-state index is -0.347. The van der Waals surface area contributed by atoms with E-state index in [0.717, 1.165) is 31.7 Å². The number of nitrogens with one attached hydrogen (secondary N) is 1. The number of rotatable bonds is 3. The molecule has 1 atom stereocenters. The number of piperazine rings is 1. The molecule has 0 radical (unpaired) electrons. The summed E-state index contributed by atoms with van der Waals surface area (Å²) in [6.07, 6.45) is 0.366. The zero-order valence-electron chi connectivity index (χ0n) is 10.00. The van der Waals surface area contributed by atoms with Gasteiger partial charge in [-0.05, 0) is 17.7 Å². The molecule has 1 aromatic carbocycles. The second kappa shape index (κ2) is 6.14. The third kappa shape index (κ3) is 2.99.